The van der Waals surface area contributed by atoms with Crippen LogP contribution >= 0.6 is 0 Å². The fraction of sp³-hybridized carbons (Fsp3) is 0.292. The molecule has 0 aliphatic rings. The Hall–Kier alpha value is -3.41. The van der Waals surface area contributed by atoms with E-state index in [0.717, 1.165) is 16.7 Å². The minimum Gasteiger partial charge on any atom is -0.469 e. The molecule has 0 spiro atoms. The van der Waals surface area contributed by atoms with Crippen LogP contribution in [0, 0.1) is 6.92 Å². The minimum absolute atomic E-state index is 0.116. The van der Waals surface area contributed by atoms with Gasteiger partial charge in [0.15, 0.2) is 0 Å². The van der Waals surface area contributed by atoms with E-state index in [0.29, 0.717) is 30.8 Å². The molecule has 6 nitrogen and oxygen atoms in total. The summed E-state index contributed by atoms with van der Waals surface area (Å²) in [5.41, 5.74) is 4.38. The molecule has 0 bridgehead atoms. The van der Waals surface area contributed by atoms with Gasteiger partial charge >= 0.3 is 5.97 Å². The van der Waals surface area contributed by atoms with Crippen molar-refractivity contribution in [2.45, 2.75) is 26.3 Å². The normalized spacial score (nSPS) is 10.6. The number of hydrogen-bond donors (Lipinski definition) is 0. The van der Waals surface area contributed by atoms with Crippen molar-refractivity contribution in [3.63, 3.8) is 0 Å². The maximum Gasteiger partial charge on any atom is 0.305 e. The van der Waals surface area contributed by atoms with Crippen molar-refractivity contribution in [1.29, 1.82) is 0 Å². The lowest BCUT2D eigenvalue weighted by Gasteiger charge is -2.16. The first kappa shape index (κ1) is 21.3. The number of rotatable bonds is 8. The van der Waals surface area contributed by atoms with Crippen LogP contribution in [0.5, 0.6) is 0 Å². The number of carbonyl (C=O) groups is 2. The largest absolute Gasteiger partial charge is 0.469 e. The Morgan fingerprint density at radius 3 is 2.43 bits per heavy atom. The standard InChI is InChI=1S/C24H27N3O3/c1-18-11-13-20(14-12-18)23-21(24(29)26(2)15-7-10-22(28)30-3)17-27(25-23)16-19-8-5-4-6-9-19/h4-6,8-9,11-14,17H,7,10,15-16H2,1-3H3. The van der Waals surface area contributed by atoms with Crippen LogP contribution in [0.1, 0.15) is 34.3 Å². The Labute approximate surface area is 177 Å². The molecule has 1 amide bonds. The summed E-state index contributed by atoms with van der Waals surface area (Å²) in [5, 5.41) is 4.73. The Morgan fingerprint density at radius 2 is 1.77 bits per heavy atom. The minimum atomic E-state index is -0.271. The van der Waals surface area contributed by atoms with Gasteiger partial charge < -0.3 is 9.64 Å². The predicted molar refractivity (Wildman–Crippen MR) is 116 cm³/mol. The maximum absolute atomic E-state index is 13.2. The number of nitrogens with zero attached hydrogens (tertiary/aromatic N) is 3. The Balaban J connectivity index is 1.85. The van der Waals surface area contributed by atoms with Crippen LogP contribution in [0.25, 0.3) is 11.3 Å². The van der Waals surface area contributed by atoms with Gasteiger partial charge in [0.2, 0.25) is 0 Å². The first-order valence-electron chi connectivity index (χ1n) is 9.98. The third-order valence-electron chi connectivity index (χ3n) is 4.95. The molecule has 0 atom stereocenters. The number of benzene rings is 2. The quantitative estimate of drug-likeness (QED) is 0.533. The summed E-state index contributed by atoms with van der Waals surface area (Å²) in [7, 11) is 3.11. The second-order valence-corrected chi connectivity index (χ2v) is 7.35. The molecule has 0 radical (unpaired) electrons. The van der Waals surface area contributed by atoms with E-state index >= 15 is 0 Å². The van der Waals surface area contributed by atoms with E-state index in [1.165, 1.54) is 7.11 Å². The first-order valence-corrected chi connectivity index (χ1v) is 9.98. The fourth-order valence-corrected chi connectivity index (χ4v) is 3.22. The van der Waals surface area contributed by atoms with Crippen molar-refractivity contribution in [2.75, 3.05) is 20.7 Å². The van der Waals surface area contributed by atoms with Gasteiger partial charge in [0.25, 0.3) is 5.91 Å². The molecule has 0 unspecified atom stereocenters. The second-order valence-electron chi connectivity index (χ2n) is 7.35. The van der Waals surface area contributed by atoms with Gasteiger partial charge in [-0.1, -0.05) is 60.2 Å². The van der Waals surface area contributed by atoms with E-state index in [-0.39, 0.29) is 18.3 Å². The van der Waals surface area contributed by atoms with E-state index in [1.54, 1.807) is 22.8 Å². The van der Waals surface area contributed by atoms with E-state index in [1.807, 2.05) is 61.5 Å². The maximum atomic E-state index is 13.2. The van der Waals surface area contributed by atoms with Gasteiger partial charge in [0, 0.05) is 31.8 Å². The zero-order chi connectivity index (χ0) is 21.5. The van der Waals surface area contributed by atoms with Crippen molar-refractivity contribution >= 4 is 11.9 Å². The van der Waals surface area contributed by atoms with E-state index in [2.05, 4.69) is 4.74 Å². The van der Waals surface area contributed by atoms with Crippen LogP contribution < -0.4 is 0 Å². The first-order chi connectivity index (χ1) is 14.5. The smallest absolute Gasteiger partial charge is 0.305 e. The molecule has 0 aliphatic heterocycles. The van der Waals surface area contributed by atoms with Crippen molar-refractivity contribution in [3.8, 4) is 11.3 Å². The summed E-state index contributed by atoms with van der Waals surface area (Å²) in [6, 6.07) is 18.0. The van der Waals surface area contributed by atoms with Crippen molar-refractivity contribution in [2.24, 2.45) is 0 Å². The summed E-state index contributed by atoms with van der Waals surface area (Å²) in [6.07, 6.45) is 2.64. The number of amides is 1. The number of ether oxygens (including phenoxy) is 1. The highest BCUT2D eigenvalue weighted by atomic mass is 16.5. The Bertz CT molecular complexity index is 994. The summed E-state index contributed by atoms with van der Waals surface area (Å²) >= 11 is 0. The molecule has 0 N–H and O–H groups in total. The van der Waals surface area contributed by atoms with Gasteiger partial charge in [-0.3, -0.25) is 14.3 Å². The topological polar surface area (TPSA) is 64.4 Å². The van der Waals surface area contributed by atoms with E-state index < -0.39 is 0 Å². The summed E-state index contributed by atoms with van der Waals surface area (Å²) in [6.45, 7) is 3.07. The van der Waals surface area contributed by atoms with Crippen LogP contribution in [0.15, 0.2) is 60.8 Å². The van der Waals surface area contributed by atoms with Crippen LogP contribution in [0.3, 0.4) is 0 Å². The summed E-state index contributed by atoms with van der Waals surface area (Å²) in [4.78, 5) is 26.1. The highest BCUT2D eigenvalue weighted by molar-refractivity contribution is 5.99. The SMILES string of the molecule is COC(=O)CCCN(C)C(=O)c1cn(Cc2ccccc2)nc1-c1ccc(C)cc1. The molecule has 3 rings (SSSR count). The monoisotopic (exact) mass is 405 g/mol. The molecule has 0 saturated heterocycles. The van der Waals surface area contributed by atoms with Gasteiger partial charge in [-0.25, -0.2) is 0 Å². The number of esters is 1. The molecule has 156 valence electrons. The Morgan fingerprint density at radius 1 is 1.07 bits per heavy atom. The van der Waals surface area contributed by atoms with E-state index in [4.69, 9.17) is 5.10 Å². The number of aryl methyl sites for hydroxylation is 1. The summed E-state index contributed by atoms with van der Waals surface area (Å²) < 4.78 is 6.47. The van der Waals surface area contributed by atoms with Crippen molar-refractivity contribution < 1.29 is 14.3 Å². The van der Waals surface area contributed by atoms with Crippen LogP contribution in [0.4, 0.5) is 0 Å². The third kappa shape index (κ3) is 5.35. The number of carbonyl (C=O) groups excluding carboxylic acids is 2. The fourth-order valence-electron chi connectivity index (χ4n) is 3.22. The van der Waals surface area contributed by atoms with Crippen LogP contribution in [-0.4, -0.2) is 47.3 Å². The number of methoxy groups -OCH3 is 1. The highest BCUT2D eigenvalue weighted by Gasteiger charge is 2.21. The van der Waals surface area contributed by atoms with Gasteiger partial charge in [-0.15, -0.1) is 0 Å². The average molecular weight is 405 g/mol. The molecular formula is C24H27N3O3. The molecule has 30 heavy (non-hydrogen) atoms. The number of aromatic nitrogens is 2. The molecule has 6 heteroatoms. The molecule has 1 aromatic heterocycles. The molecule has 0 fully saturated rings. The molecule has 3 aromatic rings. The predicted octanol–water partition coefficient (Wildman–Crippen LogP) is 3.93. The zero-order valence-corrected chi connectivity index (χ0v) is 17.7. The van der Waals surface area contributed by atoms with E-state index in [9.17, 15) is 9.59 Å². The molecule has 1 heterocycles. The summed E-state index contributed by atoms with van der Waals surface area (Å²) in [5.74, 6) is -0.387. The third-order valence-corrected chi connectivity index (χ3v) is 4.95. The van der Waals surface area contributed by atoms with Crippen LogP contribution in [-0.2, 0) is 16.1 Å². The number of hydrogen-bond acceptors (Lipinski definition) is 4. The van der Waals surface area contributed by atoms with Crippen molar-refractivity contribution in [3.05, 3.63) is 77.5 Å². The van der Waals surface area contributed by atoms with Gasteiger partial charge in [0.1, 0.15) is 5.69 Å². The molecule has 2 aromatic carbocycles. The Kier molecular flexibility index (Phi) is 7.01. The molecule has 0 aliphatic carbocycles. The lowest BCUT2D eigenvalue weighted by Crippen LogP contribution is -2.28. The average Bonchev–Trinajstić information content (AvgIpc) is 3.17. The molecular weight excluding hydrogens is 378 g/mol. The molecule has 0 saturated carbocycles. The lowest BCUT2D eigenvalue weighted by atomic mass is 10.1. The second kappa shape index (κ2) is 9.87. The van der Waals surface area contributed by atoms with Crippen LogP contribution in [0.2, 0.25) is 0 Å². The zero-order valence-electron chi connectivity index (χ0n) is 17.7. The lowest BCUT2D eigenvalue weighted by molar-refractivity contribution is -0.140. The van der Waals surface area contributed by atoms with Crippen molar-refractivity contribution in [1.82, 2.24) is 14.7 Å². The van der Waals surface area contributed by atoms with Gasteiger partial charge in [-0.05, 0) is 18.9 Å². The van der Waals surface area contributed by atoms with Gasteiger partial charge in [0.05, 0.1) is 19.2 Å². The van der Waals surface area contributed by atoms with Gasteiger partial charge in [-0.2, -0.15) is 5.10 Å². The highest BCUT2D eigenvalue weighted by Crippen LogP contribution is 2.24.